The zero-order valence-corrected chi connectivity index (χ0v) is 18.6. The molecule has 7 nitrogen and oxygen atoms in total. The summed E-state index contributed by atoms with van der Waals surface area (Å²) in [5.74, 6) is 2.08. The predicted octanol–water partition coefficient (Wildman–Crippen LogP) is 3.26. The van der Waals surface area contributed by atoms with Gasteiger partial charge in [0.1, 0.15) is 0 Å². The average molecular weight is 487 g/mol. The standard InChI is InChI=1S/C19H29N5O2.HI/c1-4-20-19(22-13-11-18-23-16(3)24-26-18)21-12-8-14-25-15(2)17-9-6-5-7-10-17;/h5-7,9-10,15H,4,8,11-14H2,1-3H3,(H2,20,21,22);1H. The van der Waals surface area contributed by atoms with Crippen LogP contribution in [-0.4, -0.2) is 42.3 Å². The van der Waals surface area contributed by atoms with Gasteiger partial charge in [-0.2, -0.15) is 4.98 Å². The maximum Gasteiger partial charge on any atom is 0.228 e. The first-order valence-corrected chi connectivity index (χ1v) is 9.17. The Hall–Kier alpha value is -1.68. The minimum absolute atomic E-state index is 0. The molecular weight excluding hydrogens is 457 g/mol. The number of hydrogen-bond donors (Lipinski definition) is 2. The smallest absolute Gasteiger partial charge is 0.228 e. The van der Waals surface area contributed by atoms with Crippen molar-refractivity contribution >= 4 is 29.9 Å². The lowest BCUT2D eigenvalue weighted by Gasteiger charge is -2.13. The lowest BCUT2D eigenvalue weighted by Crippen LogP contribution is -2.38. The number of aryl methyl sites for hydroxylation is 1. The molecule has 0 aliphatic rings. The maximum atomic E-state index is 5.87. The van der Waals surface area contributed by atoms with Crippen LogP contribution in [0.1, 0.15) is 43.7 Å². The van der Waals surface area contributed by atoms with Crippen LogP contribution in [-0.2, 0) is 11.2 Å². The van der Waals surface area contributed by atoms with Crippen LogP contribution in [0.25, 0.3) is 0 Å². The number of nitrogens with one attached hydrogen (secondary N) is 2. The molecule has 0 saturated carbocycles. The van der Waals surface area contributed by atoms with Gasteiger partial charge in [0.2, 0.25) is 5.89 Å². The second-order valence-electron chi connectivity index (χ2n) is 5.95. The SMILES string of the molecule is CCNC(=NCCCOC(C)c1ccccc1)NCCc1nc(C)no1.I. The Balaban J connectivity index is 0.00000364. The third-order valence-corrected chi connectivity index (χ3v) is 3.75. The van der Waals surface area contributed by atoms with Crippen LogP contribution in [0.5, 0.6) is 0 Å². The highest BCUT2D eigenvalue weighted by atomic mass is 127. The van der Waals surface area contributed by atoms with Crippen molar-refractivity contribution in [2.24, 2.45) is 4.99 Å². The van der Waals surface area contributed by atoms with Crippen LogP contribution < -0.4 is 10.6 Å². The Labute approximate surface area is 178 Å². The first-order chi connectivity index (χ1) is 12.7. The fourth-order valence-electron chi connectivity index (χ4n) is 2.41. The van der Waals surface area contributed by atoms with Gasteiger partial charge < -0.3 is 19.9 Å². The van der Waals surface area contributed by atoms with Gasteiger partial charge in [-0.3, -0.25) is 4.99 Å². The Kier molecular flexibility index (Phi) is 11.7. The predicted molar refractivity (Wildman–Crippen MR) is 118 cm³/mol. The summed E-state index contributed by atoms with van der Waals surface area (Å²) < 4.78 is 11.0. The van der Waals surface area contributed by atoms with Crippen molar-refractivity contribution in [3.63, 3.8) is 0 Å². The third kappa shape index (κ3) is 9.18. The van der Waals surface area contributed by atoms with Gasteiger partial charge in [0.05, 0.1) is 6.10 Å². The first-order valence-electron chi connectivity index (χ1n) is 9.17. The molecular formula is C19H30IN5O2. The average Bonchev–Trinajstić information content (AvgIpc) is 3.07. The lowest BCUT2D eigenvalue weighted by molar-refractivity contribution is 0.0652. The topological polar surface area (TPSA) is 84.6 Å². The number of guanidine groups is 1. The fourth-order valence-corrected chi connectivity index (χ4v) is 2.41. The van der Waals surface area contributed by atoms with Crippen LogP contribution in [0.2, 0.25) is 0 Å². The molecule has 27 heavy (non-hydrogen) atoms. The molecule has 1 aromatic carbocycles. The zero-order chi connectivity index (χ0) is 18.6. The molecule has 0 aliphatic heterocycles. The molecule has 150 valence electrons. The summed E-state index contributed by atoms with van der Waals surface area (Å²) in [4.78, 5) is 8.75. The molecule has 0 spiro atoms. The Morgan fingerprint density at radius 3 is 2.70 bits per heavy atom. The van der Waals surface area contributed by atoms with Crippen molar-refractivity contribution in [1.29, 1.82) is 0 Å². The first kappa shape index (κ1) is 23.4. The molecule has 1 unspecified atom stereocenters. The molecule has 0 bridgehead atoms. The molecule has 2 N–H and O–H groups in total. The van der Waals surface area contributed by atoms with Crippen molar-refractivity contribution in [1.82, 2.24) is 20.8 Å². The molecule has 0 amide bonds. The van der Waals surface area contributed by atoms with E-state index in [-0.39, 0.29) is 30.1 Å². The van der Waals surface area contributed by atoms with Gasteiger partial charge in [-0.25, -0.2) is 0 Å². The highest BCUT2D eigenvalue weighted by Gasteiger charge is 2.05. The van der Waals surface area contributed by atoms with Gasteiger partial charge in [-0.15, -0.1) is 24.0 Å². The molecule has 0 fully saturated rings. The number of aromatic nitrogens is 2. The molecule has 1 atom stereocenters. The fraction of sp³-hybridized carbons (Fsp3) is 0.526. The van der Waals surface area contributed by atoms with Crippen LogP contribution in [0.4, 0.5) is 0 Å². The molecule has 2 rings (SSSR count). The zero-order valence-electron chi connectivity index (χ0n) is 16.3. The molecule has 1 heterocycles. The van der Waals surface area contributed by atoms with Crippen molar-refractivity contribution < 1.29 is 9.26 Å². The van der Waals surface area contributed by atoms with E-state index in [4.69, 9.17) is 9.26 Å². The maximum absolute atomic E-state index is 5.87. The van der Waals surface area contributed by atoms with Gasteiger partial charge in [-0.1, -0.05) is 35.5 Å². The molecule has 0 saturated heterocycles. The summed E-state index contributed by atoms with van der Waals surface area (Å²) in [7, 11) is 0. The van der Waals surface area contributed by atoms with E-state index in [1.807, 2.05) is 32.0 Å². The number of hydrogen-bond acceptors (Lipinski definition) is 5. The van der Waals surface area contributed by atoms with Crippen LogP contribution in [0.15, 0.2) is 39.8 Å². The van der Waals surface area contributed by atoms with Gasteiger partial charge in [0.15, 0.2) is 11.8 Å². The van der Waals surface area contributed by atoms with Crippen LogP contribution in [0.3, 0.4) is 0 Å². The third-order valence-electron chi connectivity index (χ3n) is 3.75. The van der Waals surface area contributed by atoms with E-state index < -0.39 is 0 Å². The minimum atomic E-state index is 0. The second-order valence-corrected chi connectivity index (χ2v) is 5.95. The molecule has 2 aromatic rings. The van der Waals surface area contributed by atoms with Gasteiger partial charge in [0.25, 0.3) is 0 Å². The van der Waals surface area contributed by atoms with Crippen molar-refractivity contribution in [2.75, 3.05) is 26.2 Å². The van der Waals surface area contributed by atoms with Crippen molar-refractivity contribution in [2.45, 2.75) is 39.7 Å². The Morgan fingerprint density at radius 2 is 2.04 bits per heavy atom. The van der Waals surface area contributed by atoms with E-state index >= 15 is 0 Å². The van der Waals surface area contributed by atoms with Gasteiger partial charge in [0, 0.05) is 32.7 Å². The molecule has 8 heteroatoms. The number of halogens is 1. The summed E-state index contributed by atoms with van der Waals surface area (Å²) in [6.07, 6.45) is 1.64. The largest absolute Gasteiger partial charge is 0.374 e. The lowest BCUT2D eigenvalue weighted by atomic mass is 10.1. The van der Waals surface area contributed by atoms with Gasteiger partial charge >= 0.3 is 0 Å². The van der Waals surface area contributed by atoms with Crippen molar-refractivity contribution in [3.05, 3.63) is 47.6 Å². The highest BCUT2D eigenvalue weighted by Crippen LogP contribution is 2.15. The number of benzene rings is 1. The van der Waals surface area contributed by atoms with Crippen LogP contribution >= 0.6 is 24.0 Å². The monoisotopic (exact) mass is 487 g/mol. The van der Waals surface area contributed by atoms with Gasteiger partial charge in [-0.05, 0) is 32.8 Å². The normalized spacial score (nSPS) is 12.3. The minimum Gasteiger partial charge on any atom is -0.374 e. The summed E-state index contributed by atoms with van der Waals surface area (Å²) in [5, 5.41) is 10.3. The number of ether oxygens (including phenoxy) is 1. The van der Waals surface area contributed by atoms with E-state index in [0.29, 0.717) is 37.8 Å². The quantitative estimate of drug-likeness (QED) is 0.232. The molecule has 0 aliphatic carbocycles. The van der Waals surface area contributed by atoms with E-state index in [2.05, 4.69) is 44.8 Å². The second kappa shape index (κ2) is 13.5. The molecule has 1 aromatic heterocycles. The van der Waals surface area contributed by atoms with E-state index in [0.717, 1.165) is 18.9 Å². The number of nitrogens with zero attached hydrogens (tertiary/aromatic N) is 3. The van der Waals surface area contributed by atoms with E-state index in [1.165, 1.54) is 5.56 Å². The number of rotatable bonds is 10. The van der Waals surface area contributed by atoms with Crippen LogP contribution in [0, 0.1) is 6.92 Å². The summed E-state index contributed by atoms with van der Waals surface area (Å²) >= 11 is 0. The Morgan fingerprint density at radius 1 is 1.26 bits per heavy atom. The highest BCUT2D eigenvalue weighted by molar-refractivity contribution is 14.0. The van der Waals surface area contributed by atoms with E-state index in [9.17, 15) is 0 Å². The Bertz CT molecular complexity index is 663. The van der Waals surface area contributed by atoms with Crippen molar-refractivity contribution in [3.8, 4) is 0 Å². The summed E-state index contributed by atoms with van der Waals surface area (Å²) in [6, 6.07) is 10.2. The number of aliphatic imine (C=N–C) groups is 1. The summed E-state index contributed by atoms with van der Waals surface area (Å²) in [6.45, 7) is 8.82. The van der Waals surface area contributed by atoms with E-state index in [1.54, 1.807) is 0 Å². The molecule has 0 radical (unpaired) electrons. The summed E-state index contributed by atoms with van der Waals surface area (Å²) in [5.41, 5.74) is 1.20.